The van der Waals surface area contributed by atoms with Crippen molar-refractivity contribution in [2.45, 2.75) is 24.7 Å². The first kappa shape index (κ1) is 15.8. The van der Waals surface area contributed by atoms with Gasteiger partial charge in [-0.25, -0.2) is 12.7 Å². The molecule has 0 amide bonds. The highest BCUT2D eigenvalue weighted by atomic mass is 32.2. The van der Waals surface area contributed by atoms with Gasteiger partial charge in [0.25, 0.3) is 0 Å². The van der Waals surface area contributed by atoms with Gasteiger partial charge in [-0.15, -0.1) is 0 Å². The van der Waals surface area contributed by atoms with Crippen LogP contribution < -0.4 is 10.6 Å². The molecule has 0 saturated heterocycles. The number of rotatable bonds is 6. The average Bonchev–Trinajstić information content (AvgIpc) is 2.36. The minimum absolute atomic E-state index is 0.269. The molecule has 108 valence electrons. The molecule has 5 nitrogen and oxygen atoms in total. The fraction of sp³-hybridized carbons (Fsp3) is 0.538. The highest BCUT2D eigenvalue weighted by molar-refractivity contribution is 7.89. The summed E-state index contributed by atoms with van der Waals surface area (Å²) < 4.78 is 25.4. The predicted octanol–water partition coefficient (Wildman–Crippen LogP) is 1.76. The molecule has 2 N–H and O–H groups in total. The summed E-state index contributed by atoms with van der Waals surface area (Å²) in [4.78, 5) is 2.26. The Morgan fingerprint density at radius 1 is 1.21 bits per heavy atom. The standard InChI is InChI=1S/C13H23N3O2S/c1-5-6-9-16(4)13-10-11(7-8-12(13)14)19(17,18)15(2)3/h7-8,10H,5-6,9,14H2,1-4H3. The molecule has 0 bridgehead atoms. The molecular weight excluding hydrogens is 262 g/mol. The number of anilines is 2. The average molecular weight is 285 g/mol. The summed E-state index contributed by atoms with van der Waals surface area (Å²) in [6, 6.07) is 4.83. The second-order valence-corrected chi connectivity index (χ2v) is 6.93. The summed E-state index contributed by atoms with van der Waals surface area (Å²) in [6.07, 6.45) is 2.13. The summed E-state index contributed by atoms with van der Waals surface area (Å²) in [6.45, 7) is 2.97. The maximum Gasteiger partial charge on any atom is 0.242 e. The number of sulfonamides is 1. The normalized spacial score (nSPS) is 11.8. The van der Waals surface area contributed by atoms with Crippen molar-refractivity contribution < 1.29 is 8.42 Å². The third-order valence-electron chi connectivity index (χ3n) is 3.04. The Balaban J connectivity index is 3.14. The van der Waals surface area contributed by atoms with Crippen molar-refractivity contribution in [1.29, 1.82) is 0 Å². The summed E-state index contributed by atoms with van der Waals surface area (Å²) in [5, 5.41) is 0. The summed E-state index contributed by atoms with van der Waals surface area (Å²) in [7, 11) is 1.54. The molecule has 0 radical (unpaired) electrons. The molecule has 0 heterocycles. The first-order valence-electron chi connectivity index (χ1n) is 6.34. The quantitative estimate of drug-likeness (QED) is 0.809. The van der Waals surface area contributed by atoms with E-state index in [9.17, 15) is 8.42 Å². The third-order valence-corrected chi connectivity index (χ3v) is 4.85. The molecule has 0 unspecified atom stereocenters. The van der Waals surface area contributed by atoms with Crippen LogP contribution >= 0.6 is 0 Å². The van der Waals surface area contributed by atoms with Crippen LogP contribution in [0.3, 0.4) is 0 Å². The van der Waals surface area contributed by atoms with Crippen LogP contribution in [0.2, 0.25) is 0 Å². The van der Waals surface area contributed by atoms with Gasteiger partial charge >= 0.3 is 0 Å². The SMILES string of the molecule is CCCCN(C)c1cc(S(=O)(=O)N(C)C)ccc1N. The van der Waals surface area contributed by atoms with Crippen molar-refractivity contribution in [3.63, 3.8) is 0 Å². The van der Waals surface area contributed by atoms with Gasteiger partial charge in [-0.2, -0.15) is 0 Å². The minimum Gasteiger partial charge on any atom is -0.397 e. The molecule has 0 aromatic heterocycles. The monoisotopic (exact) mass is 285 g/mol. The van der Waals surface area contributed by atoms with Crippen LogP contribution in [0.4, 0.5) is 11.4 Å². The van der Waals surface area contributed by atoms with Crippen LogP contribution in [0.1, 0.15) is 19.8 Å². The van der Waals surface area contributed by atoms with E-state index in [4.69, 9.17) is 5.73 Å². The van der Waals surface area contributed by atoms with Gasteiger partial charge in [0.1, 0.15) is 0 Å². The van der Waals surface area contributed by atoms with Gasteiger partial charge in [-0.05, 0) is 24.6 Å². The van der Waals surface area contributed by atoms with Crippen LogP contribution in [0.25, 0.3) is 0 Å². The Kier molecular flexibility index (Phi) is 5.20. The fourth-order valence-electron chi connectivity index (χ4n) is 1.74. The molecule has 1 aromatic rings. The summed E-state index contributed by atoms with van der Waals surface area (Å²) in [5.41, 5.74) is 7.29. The van der Waals surface area contributed by atoms with E-state index >= 15 is 0 Å². The Hall–Kier alpha value is -1.27. The van der Waals surface area contributed by atoms with Gasteiger partial charge in [0, 0.05) is 27.7 Å². The van der Waals surface area contributed by atoms with E-state index in [-0.39, 0.29) is 4.90 Å². The van der Waals surface area contributed by atoms with Gasteiger partial charge in [0.05, 0.1) is 16.3 Å². The zero-order chi connectivity index (χ0) is 14.6. The summed E-state index contributed by atoms with van der Waals surface area (Å²) >= 11 is 0. The molecule has 0 aliphatic carbocycles. The zero-order valence-corrected chi connectivity index (χ0v) is 12.9. The van der Waals surface area contributed by atoms with Gasteiger partial charge in [0.15, 0.2) is 0 Å². The molecule has 0 aliphatic heterocycles. The number of benzene rings is 1. The molecular formula is C13H23N3O2S. The predicted molar refractivity (Wildman–Crippen MR) is 79.9 cm³/mol. The number of hydrogen-bond donors (Lipinski definition) is 1. The molecule has 1 aromatic carbocycles. The van der Waals surface area contributed by atoms with Crippen molar-refractivity contribution in [3.8, 4) is 0 Å². The smallest absolute Gasteiger partial charge is 0.242 e. The first-order valence-corrected chi connectivity index (χ1v) is 7.78. The van der Waals surface area contributed by atoms with E-state index in [0.717, 1.165) is 25.1 Å². The van der Waals surface area contributed by atoms with Gasteiger partial charge in [-0.3, -0.25) is 0 Å². The molecule has 0 atom stereocenters. The topological polar surface area (TPSA) is 66.6 Å². The van der Waals surface area contributed by atoms with Crippen molar-refractivity contribution in [3.05, 3.63) is 18.2 Å². The number of nitrogens with zero attached hydrogens (tertiary/aromatic N) is 2. The largest absolute Gasteiger partial charge is 0.397 e. The number of hydrogen-bond acceptors (Lipinski definition) is 4. The van der Waals surface area contributed by atoms with E-state index in [0.29, 0.717) is 5.69 Å². The van der Waals surface area contributed by atoms with Crippen LogP contribution in [0, 0.1) is 0 Å². The zero-order valence-electron chi connectivity index (χ0n) is 12.0. The molecule has 0 spiro atoms. The molecule has 6 heteroatoms. The second kappa shape index (κ2) is 6.25. The molecule has 0 fully saturated rings. The molecule has 19 heavy (non-hydrogen) atoms. The van der Waals surface area contributed by atoms with Crippen LogP contribution in [-0.4, -0.2) is 40.4 Å². The van der Waals surface area contributed by atoms with E-state index < -0.39 is 10.0 Å². The molecule has 0 saturated carbocycles. The Morgan fingerprint density at radius 2 is 1.84 bits per heavy atom. The highest BCUT2D eigenvalue weighted by Gasteiger charge is 2.19. The lowest BCUT2D eigenvalue weighted by molar-refractivity contribution is 0.521. The van der Waals surface area contributed by atoms with Crippen LogP contribution in [0.15, 0.2) is 23.1 Å². The van der Waals surface area contributed by atoms with E-state index in [2.05, 4.69) is 6.92 Å². The van der Waals surface area contributed by atoms with Crippen LogP contribution in [-0.2, 0) is 10.0 Å². The number of nitrogen functional groups attached to an aromatic ring is 1. The van der Waals surface area contributed by atoms with Gasteiger partial charge in [-0.1, -0.05) is 13.3 Å². The van der Waals surface area contributed by atoms with Crippen LogP contribution in [0.5, 0.6) is 0 Å². The Bertz CT molecular complexity index is 527. The Labute approximate surface area is 116 Å². The lowest BCUT2D eigenvalue weighted by Crippen LogP contribution is -2.24. The van der Waals surface area contributed by atoms with Gasteiger partial charge in [0.2, 0.25) is 10.0 Å². The lowest BCUT2D eigenvalue weighted by atomic mass is 10.2. The fourth-order valence-corrected chi connectivity index (χ4v) is 2.66. The Morgan fingerprint density at radius 3 is 2.37 bits per heavy atom. The van der Waals surface area contributed by atoms with Crippen molar-refractivity contribution in [1.82, 2.24) is 4.31 Å². The van der Waals surface area contributed by atoms with Crippen molar-refractivity contribution in [2.24, 2.45) is 0 Å². The number of unbranched alkanes of at least 4 members (excludes halogenated alkanes) is 1. The van der Waals surface area contributed by atoms with E-state index in [1.165, 1.54) is 18.4 Å². The lowest BCUT2D eigenvalue weighted by Gasteiger charge is -2.22. The van der Waals surface area contributed by atoms with Crippen molar-refractivity contribution in [2.75, 3.05) is 38.3 Å². The van der Waals surface area contributed by atoms with E-state index in [1.807, 2.05) is 11.9 Å². The number of nitrogens with two attached hydrogens (primary N) is 1. The molecule has 0 aliphatic rings. The van der Waals surface area contributed by atoms with Gasteiger partial charge < -0.3 is 10.6 Å². The first-order chi connectivity index (χ1) is 8.80. The van der Waals surface area contributed by atoms with Crippen molar-refractivity contribution >= 4 is 21.4 Å². The van der Waals surface area contributed by atoms with E-state index in [1.54, 1.807) is 18.2 Å². The maximum absolute atomic E-state index is 12.1. The maximum atomic E-state index is 12.1. The highest BCUT2D eigenvalue weighted by Crippen LogP contribution is 2.27. The summed E-state index contributed by atoms with van der Waals surface area (Å²) in [5.74, 6) is 0. The third kappa shape index (κ3) is 3.61. The second-order valence-electron chi connectivity index (χ2n) is 4.78. The minimum atomic E-state index is -3.42. The molecule has 1 rings (SSSR count).